The zero-order valence-electron chi connectivity index (χ0n) is 7.66. The summed E-state index contributed by atoms with van der Waals surface area (Å²) in [6.07, 6.45) is 0. The van der Waals surface area contributed by atoms with Crippen LogP contribution in [-0.2, 0) is 0 Å². The Kier molecular flexibility index (Phi) is 2.41. The normalized spacial score (nSPS) is 9.53. The first-order valence-electron chi connectivity index (χ1n) is 4.29. The van der Waals surface area contributed by atoms with Gasteiger partial charge in [-0.1, -0.05) is 24.3 Å². The van der Waals surface area contributed by atoms with Crippen LogP contribution in [-0.4, -0.2) is 0 Å². The van der Waals surface area contributed by atoms with Crippen molar-refractivity contribution < 1.29 is 0 Å². The average molecular weight is 257 g/mol. The predicted octanol–water partition coefficient (Wildman–Crippen LogP) is 3.35. The maximum Gasteiger partial charge on any atom is 0.102 e. The van der Waals surface area contributed by atoms with E-state index >= 15 is 0 Å². The molecule has 2 aromatic rings. The van der Waals surface area contributed by atoms with Gasteiger partial charge in [0, 0.05) is 4.47 Å². The van der Waals surface area contributed by atoms with Crippen molar-refractivity contribution in [3.8, 4) is 12.1 Å². The molecule has 2 rings (SSSR count). The SMILES string of the molecule is N#Cc1cc2ccccc2c(Br)c1C#N. The Labute approximate surface area is 95.5 Å². The highest BCUT2D eigenvalue weighted by molar-refractivity contribution is 9.10. The lowest BCUT2D eigenvalue weighted by Crippen LogP contribution is -1.87. The van der Waals surface area contributed by atoms with Crippen LogP contribution in [0.1, 0.15) is 11.1 Å². The Hall–Kier alpha value is -1.84. The van der Waals surface area contributed by atoms with Crippen molar-refractivity contribution in [3.63, 3.8) is 0 Å². The summed E-state index contributed by atoms with van der Waals surface area (Å²) in [5.41, 5.74) is 0.805. The molecule has 0 radical (unpaired) electrons. The molecule has 3 heteroatoms. The minimum Gasteiger partial charge on any atom is -0.192 e. The van der Waals surface area contributed by atoms with Gasteiger partial charge in [0.1, 0.15) is 12.1 Å². The molecule has 0 N–H and O–H groups in total. The molecule has 0 spiro atoms. The van der Waals surface area contributed by atoms with E-state index in [4.69, 9.17) is 10.5 Å². The van der Waals surface area contributed by atoms with Gasteiger partial charge in [-0.15, -0.1) is 0 Å². The molecule has 70 valence electrons. The Morgan fingerprint density at radius 3 is 2.47 bits per heavy atom. The first-order valence-corrected chi connectivity index (χ1v) is 5.08. The zero-order chi connectivity index (χ0) is 10.8. The van der Waals surface area contributed by atoms with Gasteiger partial charge in [-0.2, -0.15) is 10.5 Å². The maximum absolute atomic E-state index is 8.96. The molecule has 0 aliphatic heterocycles. The highest BCUT2D eigenvalue weighted by atomic mass is 79.9. The molecule has 0 atom stereocenters. The van der Waals surface area contributed by atoms with E-state index in [0.29, 0.717) is 15.6 Å². The summed E-state index contributed by atoms with van der Waals surface area (Å²) in [5.74, 6) is 0. The maximum atomic E-state index is 8.96. The smallest absolute Gasteiger partial charge is 0.102 e. The molecule has 0 amide bonds. The van der Waals surface area contributed by atoms with E-state index in [-0.39, 0.29) is 0 Å². The number of fused-ring (bicyclic) bond motifs is 1. The summed E-state index contributed by atoms with van der Waals surface area (Å²) in [5, 5.41) is 19.8. The molecule has 2 nitrogen and oxygen atoms in total. The molecule has 0 heterocycles. The molecule has 0 aliphatic carbocycles. The average Bonchev–Trinajstić information content (AvgIpc) is 2.29. The fourth-order valence-electron chi connectivity index (χ4n) is 1.50. The van der Waals surface area contributed by atoms with Gasteiger partial charge in [0.15, 0.2) is 0 Å². The number of nitriles is 2. The van der Waals surface area contributed by atoms with Gasteiger partial charge >= 0.3 is 0 Å². The summed E-state index contributed by atoms with van der Waals surface area (Å²) in [4.78, 5) is 0. The van der Waals surface area contributed by atoms with Crippen LogP contribution in [0.4, 0.5) is 0 Å². The quantitative estimate of drug-likeness (QED) is 0.726. The second-order valence-electron chi connectivity index (χ2n) is 3.06. The number of nitrogens with zero attached hydrogens (tertiary/aromatic N) is 2. The lowest BCUT2D eigenvalue weighted by Gasteiger charge is -2.03. The predicted molar refractivity (Wildman–Crippen MR) is 61.1 cm³/mol. The Morgan fingerprint density at radius 1 is 1.07 bits per heavy atom. The number of halogens is 1. The third-order valence-electron chi connectivity index (χ3n) is 2.22. The van der Waals surface area contributed by atoms with Crippen molar-refractivity contribution in [2.24, 2.45) is 0 Å². The fourth-order valence-corrected chi connectivity index (χ4v) is 2.16. The van der Waals surface area contributed by atoms with Crippen LogP contribution in [0.3, 0.4) is 0 Å². The van der Waals surface area contributed by atoms with E-state index in [9.17, 15) is 0 Å². The molecule has 0 aromatic heterocycles. The lowest BCUT2D eigenvalue weighted by molar-refractivity contribution is 1.43. The second kappa shape index (κ2) is 3.73. The van der Waals surface area contributed by atoms with Gasteiger partial charge in [0.2, 0.25) is 0 Å². The first-order chi connectivity index (χ1) is 7.27. The van der Waals surface area contributed by atoms with E-state index in [0.717, 1.165) is 10.8 Å². The fraction of sp³-hybridized carbons (Fsp3) is 0. The molecule has 0 saturated carbocycles. The largest absolute Gasteiger partial charge is 0.192 e. The highest BCUT2D eigenvalue weighted by Gasteiger charge is 2.10. The van der Waals surface area contributed by atoms with Crippen molar-refractivity contribution in [1.29, 1.82) is 10.5 Å². The van der Waals surface area contributed by atoms with Crippen LogP contribution in [0.25, 0.3) is 10.8 Å². The first kappa shape index (κ1) is 9.71. The van der Waals surface area contributed by atoms with Gasteiger partial charge in [0.25, 0.3) is 0 Å². The highest BCUT2D eigenvalue weighted by Crippen LogP contribution is 2.29. The summed E-state index contributed by atoms with van der Waals surface area (Å²) in [7, 11) is 0. The minimum absolute atomic E-state index is 0.399. The van der Waals surface area contributed by atoms with Crippen molar-refractivity contribution in [2.45, 2.75) is 0 Å². The number of hydrogen-bond donors (Lipinski definition) is 0. The van der Waals surface area contributed by atoms with Crippen LogP contribution in [0.5, 0.6) is 0 Å². The van der Waals surface area contributed by atoms with E-state index < -0.39 is 0 Å². The van der Waals surface area contributed by atoms with Crippen LogP contribution in [0.2, 0.25) is 0 Å². The Bertz CT molecular complexity index is 618. The number of hydrogen-bond acceptors (Lipinski definition) is 2. The molecule has 0 saturated heterocycles. The summed E-state index contributed by atoms with van der Waals surface area (Å²) >= 11 is 3.36. The van der Waals surface area contributed by atoms with Crippen LogP contribution in [0, 0.1) is 22.7 Å². The van der Waals surface area contributed by atoms with Crippen molar-refractivity contribution in [3.05, 3.63) is 45.9 Å². The molecule has 0 unspecified atom stereocenters. The van der Waals surface area contributed by atoms with Gasteiger partial charge in [-0.25, -0.2) is 0 Å². The van der Waals surface area contributed by atoms with E-state index in [1.807, 2.05) is 36.4 Å². The Morgan fingerprint density at radius 2 is 1.80 bits per heavy atom. The van der Waals surface area contributed by atoms with E-state index in [1.54, 1.807) is 6.07 Å². The van der Waals surface area contributed by atoms with E-state index in [1.165, 1.54) is 0 Å². The molecular weight excluding hydrogens is 252 g/mol. The Balaban J connectivity index is 2.97. The van der Waals surface area contributed by atoms with Crippen LogP contribution >= 0.6 is 15.9 Å². The molecule has 15 heavy (non-hydrogen) atoms. The third-order valence-corrected chi connectivity index (χ3v) is 3.04. The van der Waals surface area contributed by atoms with Gasteiger partial charge < -0.3 is 0 Å². The summed E-state index contributed by atoms with van der Waals surface area (Å²) in [6.45, 7) is 0. The molecule has 2 aromatic carbocycles. The topological polar surface area (TPSA) is 47.6 Å². The second-order valence-corrected chi connectivity index (χ2v) is 3.85. The lowest BCUT2D eigenvalue weighted by atomic mass is 10.0. The van der Waals surface area contributed by atoms with E-state index in [2.05, 4.69) is 15.9 Å². The van der Waals surface area contributed by atoms with Gasteiger partial charge in [0.05, 0.1) is 11.1 Å². The van der Waals surface area contributed by atoms with Crippen molar-refractivity contribution >= 4 is 26.7 Å². The third kappa shape index (κ3) is 1.48. The van der Waals surface area contributed by atoms with Crippen molar-refractivity contribution in [2.75, 3.05) is 0 Å². The van der Waals surface area contributed by atoms with Crippen molar-refractivity contribution in [1.82, 2.24) is 0 Å². The van der Waals surface area contributed by atoms with Crippen LogP contribution < -0.4 is 0 Å². The zero-order valence-corrected chi connectivity index (χ0v) is 9.25. The molecule has 0 aliphatic rings. The molecular formula is C12H5BrN2. The molecule has 0 bridgehead atoms. The number of rotatable bonds is 0. The molecule has 0 fully saturated rings. The standard InChI is InChI=1S/C12H5BrN2/c13-12-10-4-2-1-3-8(10)5-9(6-14)11(12)7-15/h1-5H. The monoisotopic (exact) mass is 256 g/mol. The summed E-state index contributed by atoms with van der Waals surface area (Å²) in [6, 6.07) is 13.4. The number of benzene rings is 2. The summed E-state index contributed by atoms with van der Waals surface area (Å²) < 4.78 is 0.694. The van der Waals surface area contributed by atoms with Gasteiger partial charge in [-0.05, 0) is 32.8 Å². The minimum atomic E-state index is 0.399. The van der Waals surface area contributed by atoms with Gasteiger partial charge in [-0.3, -0.25) is 0 Å². The van der Waals surface area contributed by atoms with Crippen LogP contribution in [0.15, 0.2) is 34.8 Å².